The lowest BCUT2D eigenvalue weighted by atomic mass is 10.1. The van der Waals surface area contributed by atoms with Crippen LogP contribution in [0.5, 0.6) is 0 Å². The summed E-state index contributed by atoms with van der Waals surface area (Å²) >= 11 is 0. The van der Waals surface area contributed by atoms with Crippen molar-refractivity contribution in [3.05, 3.63) is 46.9 Å². The highest BCUT2D eigenvalue weighted by Crippen LogP contribution is 2.21. The minimum atomic E-state index is -0.532. The highest BCUT2D eigenvalue weighted by atomic mass is 17.2. The number of aldehydes is 1. The molecule has 1 heterocycles. The van der Waals surface area contributed by atoms with Crippen LogP contribution in [-0.2, 0) is 25.9 Å². The molecule has 1 aliphatic heterocycles. The maximum atomic E-state index is 11.4. The molecule has 3 N–H and O–H groups in total. The van der Waals surface area contributed by atoms with Crippen molar-refractivity contribution in [2.24, 2.45) is 0 Å². The predicted octanol–water partition coefficient (Wildman–Crippen LogP) is 1.37. The molecule has 0 aliphatic carbocycles. The molecule has 1 unspecified atom stereocenters. The first-order valence-corrected chi connectivity index (χ1v) is 10.2. The van der Waals surface area contributed by atoms with Crippen LogP contribution in [0.25, 0.3) is 0 Å². The second kappa shape index (κ2) is 17.2. The van der Waals surface area contributed by atoms with Gasteiger partial charge in [0.15, 0.2) is 6.29 Å². The van der Waals surface area contributed by atoms with Crippen LogP contribution in [0.2, 0.25) is 0 Å². The van der Waals surface area contributed by atoms with E-state index in [4.69, 9.17) is 19.7 Å². The van der Waals surface area contributed by atoms with Gasteiger partial charge in [-0.2, -0.15) is 4.89 Å². The zero-order valence-electron chi connectivity index (χ0n) is 19.4. The van der Waals surface area contributed by atoms with Crippen molar-refractivity contribution in [1.82, 2.24) is 20.4 Å². The number of rotatable bonds is 11. The summed E-state index contributed by atoms with van der Waals surface area (Å²) in [5.74, 6) is 0.632. The van der Waals surface area contributed by atoms with Crippen LogP contribution in [0.1, 0.15) is 30.9 Å². The molecule has 0 aromatic heterocycles. The lowest BCUT2D eigenvalue weighted by Gasteiger charge is -2.25. The molecular formula is C22H38N4O5. The molecule has 2 rings (SSSR count). The third-order valence-corrected chi connectivity index (χ3v) is 4.16. The fraction of sp³-hybridized carbons (Fsp3) is 0.545. The first kappa shape index (κ1) is 28.5. The fourth-order valence-corrected chi connectivity index (χ4v) is 2.59. The molecule has 0 saturated carbocycles. The predicted molar refractivity (Wildman–Crippen MR) is 121 cm³/mol. The van der Waals surface area contributed by atoms with Crippen molar-refractivity contribution in [3.63, 3.8) is 0 Å². The fourth-order valence-electron chi connectivity index (χ4n) is 2.59. The summed E-state index contributed by atoms with van der Waals surface area (Å²) in [4.78, 5) is 33.9. The Balaban J connectivity index is 0.000000852. The zero-order chi connectivity index (χ0) is 23.6. The van der Waals surface area contributed by atoms with E-state index in [2.05, 4.69) is 15.5 Å². The zero-order valence-corrected chi connectivity index (χ0v) is 19.4. The van der Waals surface area contributed by atoms with E-state index in [1.807, 2.05) is 63.9 Å². The van der Waals surface area contributed by atoms with Gasteiger partial charge in [-0.05, 0) is 46.0 Å². The van der Waals surface area contributed by atoms with E-state index in [0.29, 0.717) is 31.3 Å². The van der Waals surface area contributed by atoms with Gasteiger partial charge in [0.05, 0.1) is 6.61 Å². The van der Waals surface area contributed by atoms with E-state index in [1.54, 1.807) is 7.05 Å². The standard InChI is InChI=1S/C16H23N3O3.C5H13NO.CH2O/c1-4-9-21-22-16-18-15(17-3)14(11-20)19(16)10-13-7-5-12(2)6-8-13;1-6(2)4-3-5-7;1-2/h5-8,11,16-18H,4,9-10H2,1-3H3;7H,3-5H2,1-2H3;1H2. The number of carbonyl (C=O) groups is 2. The molecule has 0 radical (unpaired) electrons. The Morgan fingerprint density at radius 1 is 1.29 bits per heavy atom. The van der Waals surface area contributed by atoms with E-state index < -0.39 is 6.35 Å². The van der Waals surface area contributed by atoms with Crippen molar-refractivity contribution < 1.29 is 24.5 Å². The summed E-state index contributed by atoms with van der Waals surface area (Å²) < 4.78 is 0. The molecule has 0 saturated heterocycles. The Labute approximate surface area is 185 Å². The van der Waals surface area contributed by atoms with Gasteiger partial charge in [0, 0.05) is 20.2 Å². The maximum Gasteiger partial charge on any atom is 0.241 e. The summed E-state index contributed by atoms with van der Waals surface area (Å²) in [5.41, 5.74) is 2.81. The minimum absolute atomic E-state index is 0.304. The van der Waals surface area contributed by atoms with Crippen LogP contribution in [0.3, 0.4) is 0 Å². The molecule has 9 heteroatoms. The van der Waals surface area contributed by atoms with Gasteiger partial charge in [-0.1, -0.05) is 36.8 Å². The number of benzene rings is 1. The lowest BCUT2D eigenvalue weighted by Crippen LogP contribution is -2.40. The SMILES string of the molecule is C=O.CCCOOC1NC(NC)=C(C=O)N1Cc1ccc(C)cc1.CN(C)CCCO. The van der Waals surface area contributed by atoms with Crippen LogP contribution in [0.4, 0.5) is 0 Å². The monoisotopic (exact) mass is 438 g/mol. The minimum Gasteiger partial charge on any atom is -0.396 e. The van der Waals surface area contributed by atoms with Crippen LogP contribution >= 0.6 is 0 Å². The molecular weight excluding hydrogens is 400 g/mol. The highest BCUT2D eigenvalue weighted by molar-refractivity contribution is 5.74. The number of aryl methyl sites for hydroxylation is 1. The number of allylic oxidation sites excluding steroid dienone is 1. The Hall–Kier alpha value is -2.46. The average molecular weight is 439 g/mol. The van der Waals surface area contributed by atoms with Gasteiger partial charge in [0.1, 0.15) is 18.3 Å². The largest absolute Gasteiger partial charge is 0.396 e. The second-order valence-corrected chi connectivity index (χ2v) is 7.04. The lowest BCUT2D eigenvalue weighted by molar-refractivity contribution is -0.351. The van der Waals surface area contributed by atoms with Gasteiger partial charge >= 0.3 is 0 Å². The summed E-state index contributed by atoms with van der Waals surface area (Å²) in [6, 6.07) is 8.18. The smallest absolute Gasteiger partial charge is 0.241 e. The number of carbonyl (C=O) groups excluding carboxylic acids is 2. The Morgan fingerprint density at radius 2 is 1.94 bits per heavy atom. The van der Waals surface area contributed by atoms with Crippen LogP contribution in [-0.4, -0.2) is 75.2 Å². The molecule has 9 nitrogen and oxygen atoms in total. The van der Waals surface area contributed by atoms with Crippen molar-refractivity contribution in [3.8, 4) is 0 Å². The van der Waals surface area contributed by atoms with Crippen molar-refractivity contribution in [1.29, 1.82) is 0 Å². The Morgan fingerprint density at radius 3 is 2.39 bits per heavy atom. The number of nitrogens with one attached hydrogen (secondary N) is 2. The average Bonchev–Trinajstić information content (AvgIpc) is 3.12. The van der Waals surface area contributed by atoms with E-state index in [-0.39, 0.29) is 0 Å². The summed E-state index contributed by atoms with van der Waals surface area (Å²) in [5, 5.41) is 14.4. The van der Waals surface area contributed by atoms with Gasteiger partial charge in [-0.15, -0.1) is 0 Å². The van der Waals surface area contributed by atoms with E-state index in [9.17, 15) is 4.79 Å². The third-order valence-electron chi connectivity index (χ3n) is 4.16. The van der Waals surface area contributed by atoms with Gasteiger partial charge in [-0.25, -0.2) is 4.89 Å². The topological polar surface area (TPSA) is 103 Å². The summed E-state index contributed by atoms with van der Waals surface area (Å²) in [6.07, 6.45) is 2.02. The van der Waals surface area contributed by atoms with Crippen LogP contribution in [0, 0.1) is 6.92 Å². The number of aliphatic hydroxyl groups excluding tert-OH is 1. The van der Waals surface area contributed by atoms with Crippen molar-refractivity contribution in [2.45, 2.75) is 39.6 Å². The Kier molecular flexibility index (Phi) is 15.9. The summed E-state index contributed by atoms with van der Waals surface area (Å²) in [6.45, 7) is 8.38. The number of nitrogens with zero attached hydrogens (tertiary/aromatic N) is 2. The normalized spacial score (nSPS) is 14.9. The van der Waals surface area contributed by atoms with Crippen molar-refractivity contribution in [2.75, 3.05) is 40.9 Å². The molecule has 0 spiro atoms. The first-order chi connectivity index (χ1) is 15.0. The van der Waals surface area contributed by atoms with Crippen LogP contribution in [0.15, 0.2) is 35.8 Å². The molecule has 0 amide bonds. The van der Waals surface area contributed by atoms with Gasteiger partial charge in [0.25, 0.3) is 0 Å². The molecule has 176 valence electrons. The van der Waals surface area contributed by atoms with Crippen molar-refractivity contribution >= 4 is 13.1 Å². The molecule has 0 fully saturated rings. The first-order valence-electron chi connectivity index (χ1n) is 10.2. The molecule has 1 atom stereocenters. The summed E-state index contributed by atoms with van der Waals surface area (Å²) in [7, 11) is 5.75. The molecule has 1 aliphatic rings. The number of aliphatic hydroxyl groups is 1. The molecule has 31 heavy (non-hydrogen) atoms. The molecule has 1 aromatic rings. The van der Waals surface area contributed by atoms with E-state index in [0.717, 1.165) is 31.2 Å². The highest BCUT2D eigenvalue weighted by Gasteiger charge is 2.32. The van der Waals surface area contributed by atoms with Crippen LogP contribution < -0.4 is 10.6 Å². The Bertz CT molecular complexity index is 637. The maximum absolute atomic E-state index is 11.4. The number of hydrogen-bond donors (Lipinski definition) is 3. The molecule has 1 aromatic carbocycles. The van der Waals surface area contributed by atoms with E-state index >= 15 is 0 Å². The van der Waals surface area contributed by atoms with Gasteiger partial charge in [0.2, 0.25) is 6.35 Å². The number of hydrogen-bond acceptors (Lipinski definition) is 9. The second-order valence-electron chi connectivity index (χ2n) is 7.04. The van der Waals surface area contributed by atoms with Gasteiger partial charge < -0.3 is 30.3 Å². The van der Waals surface area contributed by atoms with E-state index in [1.165, 1.54) is 5.56 Å². The van der Waals surface area contributed by atoms with Gasteiger partial charge in [-0.3, -0.25) is 4.79 Å². The molecule has 0 bridgehead atoms. The third kappa shape index (κ3) is 10.9. The quantitative estimate of drug-likeness (QED) is 0.205.